The Morgan fingerprint density at radius 2 is 2.00 bits per heavy atom. The average molecular weight is 364 g/mol. The van der Waals surface area contributed by atoms with Crippen LogP contribution in [0.1, 0.15) is 37.8 Å². The highest BCUT2D eigenvalue weighted by molar-refractivity contribution is 7.89. The second kappa shape index (κ2) is 6.55. The maximum atomic E-state index is 12.7. The summed E-state index contributed by atoms with van der Waals surface area (Å²) in [6.45, 7) is 5.31. The molecule has 0 aromatic heterocycles. The van der Waals surface area contributed by atoms with Gasteiger partial charge in [0, 0.05) is 42.0 Å². The number of allylic oxidation sites excluding steroid dienone is 1. The summed E-state index contributed by atoms with van der Waals surface area (Å²) in [6, 6.07) is 4.86. The normalized spacial score (nSPS) is 22.3. The molecule has 0 bridgehead atoms. The number of fused-ring (bicyclic) bond motifs is 1. The second-order valence-electron chi connectivity index (χ2n) is 7.40. The van der Waals surface area contributed by atoms with E-state index in [1.54, 1.807) is 18.2 Å². The van der Waals surface area contributed by atoms with E-state index in [4.69, 9.17) is 9.88 Å². The molecule has 0 saturated carbocycles. The fourth-order valence-corrected chi connectivity index (χ4v) is 3.99. The first-order chi connectivity index (χ1) is 11.7. The van der Waals surface area contributed by atoms with Gasteiger partial charge in [0.15, 0.2) is 5.78 Å². The van der Waals surface area contributed by atoms with Crippen molar-refractivity contribution in [1.82, 2.24) is 5.32 Å². The molecule has 0 radical (unpaired) electrons. The molecule has 7 heteroatoms. The largest absolute Gasteiger partial charge is 0.381 e. The van der Waals surface area contributed by atoms with Gasteiger partial charge in [0.2, 0.25) is 10.0 Å². The SMILES string of the molecule is CC1(C)Cc2ccc(S(N)(=O)=O)cc2C(=CC(=O)C2CCOCC2)N1. The van der Waals surface area contributed by atoms with Crippen LogP contribution in [0.5, 0.6) is 0 Å². The lowest BCUT2D eigenvalue weighted by Crippen LogP contribution is -2.44. The number of ketones is 1. The molecule has 0 aliphatic carbocycles. The molecule has 0 unspecified atom stereocenters. The van der Waals surface area contributed by atoms with Crippen LogP contribution in [0.4, 0.5) is 0 Å². The number of nitrogens with two attached hydrogens (primary N) is 1. The summed E-state index contributed by atoms with van der Waals surface area (Å²) in [5.41, 5.74) is 2.17. The van der Waals surface area contributed by atoms with Crippen molar-refractivity contribution in [3.05, 3.63) is 35.4 Å². The molecule has 3 N–H and O–H groups in total. The summed E-state index contributed by atoms with van der Waals surface area (Å²) in [5.74, 6) is 0.00780. The van der Waals surface area contributed by atoms with E-state index >= 15 is 0 Å². The van der Waals surface area contributed by atoms with Crippen molar-refractivity contribution >= 4 is 21.5 Å². The summed E-state index contributed by atoms with van der Waals surface area (Å²) < 4.78 is 28.7. The molecular weight excluding hydrogens is 340 g/mol. The fraction of sp³-hybridized carbons (Fsp3) is 0.500. The van der Waals surface area contributed by atoms with Crippen LogP contribution < -0.4 is 10.5 Å². The highest BCUT2D eigenvalue weighted by atomic mass is 32.2. The molecule has 2 aliphatic heterocycles. The number of primary sulfonamides is 1. The number of carbonyl (C=O) groups excluding carboxylic acids is 1. The minimum Gasteiger partial charge on any atom is -0.381 e. The van der Waals surface area contributed by atoms with Gasteiger partial charge in [-0.15, -0.1) is 0 Å². The quantitative estimate of drug-likeness (QED) is 0.794. The molecule has 1 saturated heterocycles. The van der Waals surface area contributed by atoms with Crippen molar-refractivity contribution in [2.75, 3.05) is 13.2 Å². The Labute approximate surface area is 148 Å². The number of benzene rings is 1. The fourth-order valence-electron chi connectivity index (χ4n) is 3.45. The van der Waals surface area contributed by atoms with Crippen molar-refractivity contribution < 1.29 is 17.9 Å². The van der Waals surface area contributed by atoms with Gasteiger partial charge < -0.3 is 10.1 Å². The first kappa shape index (κ1) is 18.1. The van der Waals surface area contributed by atoms with Gasteiger partial charge in [-0.25, -0.2) is 13.6 Å². The molecule has 25 heavy (non-hydrogen) atoms. The smallest absolute Gasteiger partial charge is 0.238 e. The van der Waals surface area contributed by atoms with Gasteiger partial charge in [-0.1, -0.05) is 6.07 Å². The zero-order valence-electron chi connectivity index (χ0n) is 14.5. The predicted molar refractivity (Wildman–Crippen MR) is 95.3 cm³/mol. The number of hydrogen-bond acceptors (Lipinski definition) is 5. The Morgan fingerprint density at radius 1 is 1.32 bits per heavy atom. The van der Waals surface area contributed by atoms with E-state index in [9.17, 15) is 13.2 Å². The summed E-state index contributed by atoms with van der Waals surface area (Å²) in [6.07, 6.45) is 3.78. The van der Waals surface area contributed by atoms with E-state index in [-0.39, 0.29) is 22.1 Å². The molecule has 1 fully saturated rings. The first-order valence-electron chi connectivity index (χ1n) is 8.43. The number of hydrogen-bond donors (Lipinski definition) is 2. The maximum Gasteiger partial charge on any atom is 0.238 e. The van der Waals surface area contributed by atoms with Crippen LogP contribution in [-0.2, 0) is 26.0 Å². The lowest BCUT2D eigenvalue weighted by atomic mass is 9.85. The van der Waals surface area contributed by atoms with Gasteiger partial charge in [-0.05, 0) is 50.8 Å². The third-order valence-corrected chi connectivity index (χ3v) is 5.63. The lowest BCUT2D eigenvalue weighted by molar-refractivity contribution is -0.120. The zero-order valence-corrected chi connectivity index (χ0v) is 15.4. The van der Waals surface area contributed by atoms with E-state index in [0.29, 0.717) is 18.9 Å². The Kier molecular flexibility index (Phi) is 4.74. The van der Waals surface area contributed by atoms with Crippen molar-refractivity contribution in [2.24, 2.45) is 11.1 Å². The number of nitrogens with one attached hydrogen (secondary N) is 1. The van der Waals surface area contributed by atoms with Crippen molar-refractivity contribution in [3.63, 3.8) is 0 Å². The molecule has 136 valence electrons. The summed E-state index contributed by atoms with van der Waals surface area (Å²) in [5, 5.41) is 8.63. The van der Waals surface area contributed by atoms with Crippen LogP contribution in [0.2, 0.25) is 0 Å². The Bertz CT molecular complexity index is 821. The highest BCUT2D eigenvalue weighted by Gasteiger charge is 2.30. The molecular formula is C18H24N2O4S. The topological polar surface area (TPSA) is 98.5 Å². The zero-order chi connectivity index (χ0) is 18.2. The van der Waals surface area contributed by atoms with Crippen LogP contribution >= 0.6 is 0 Å². The molecule has 2 heterocycles. The highest BCUT2D eigenvalue weighted by Crippen LogP contribution is 2.32. The van der Waals surface area contributed by atoms with E-state index < -0.39 is 10.0 Å². The van der Waals surface area contributed by atoms with Crippen LogP contribution in [0.15, 0.2) is 29.2 Å². The van der Waals surface area contributed by atoms with Gasteiger partial charge in [-0.2, -0.15) is 0 Å². The van der Waals surface area contributed by atoms with Gasteiger partial charge >= 0.3 is 0 Å². The summed E-state index contributed by atoms with van der Waals surface area (Å²) in [4.78, 5) is 12.7. The minimum atomic E-state index is -3.79. The monoisotopic (exact) mass is 364 g/mol. The van der Waals surface area contributed by atoms with Crippen LogP contribution in [0, 0.1) is 5.92 Å². The second-order valence-corrected chi connectivity index (χ2v) is 8.96. The van der Waals surface area contributed by atoms with E-state index in [1.165, 1.54) is 6.07 Å². The van der Waals surface area contributed by atoms with Crippen LogP contribution in [-0.4, -0.2) is 33.0 Å². The molecule has 1 aromatic rings. The van der Waals surface area contributed by atoms with Gasteiger partial charge in [0.1, 0.15) is 0 Å². The third kappa shape index (κ3) is 4.11. The molecule has 2 aliphatic rings. The number of ether oxygens (including phenoxy) is 1. The van der Waals surface area contributed by atoms with Crippen molar-refractivity contribution in [2.45, 2.75) is 43.5 Å². The minimum absolute atomic E-state index is 0.0436. The average Bonchev–Trinajstić information content (AvgIpc) is 2.53. The number of carbonyl (C=O) groups is 1. The number of rotatable bonds is 3. The molecule has 3 rings (SSSR count). The van der Waals surface area contributed by atoms with Crippen LogP contribution in [0.25, 0.3) is 5.70 Å². The predicted octanol–water partition coefficient (Wildman–Crippen LogP) is 1.59. The summed E-state index contributed by atoms with van der Waals surface area (Å²) in [7, 11) is -3.79. The van der Waals surface area contributed by atoms with Crippen molar-refractivity contribution in [1.29, 1.82) is 0 Å². The van der Waals surface area contributed by atoms with Gasteiger partial charge in [0.05, 0.1) is 4.90 Å². The Morgan fingerprint density at radius 3 is 2.64 bits per heavy atom. The Hall–Kier alpha value is -1.70. The van der Waals surface area contributed by atoms with E-state index in [1.807, 2.05) is 0 Å². The molecule has 0 amide bonds. The standard InChI is InChI=1S/C18H24N2O4S/c1-18(2)11-13-3-4-14(25(19,22)23)9-15(13)16(20-18)10-17(21)12-5-7-24-8-6-12/h3-4,9-10,12,20H,5-8,11H2,1-2H3,(H2,19,22,23). The maximum absolute atomic E-state index is 12.7. The first-order valence-corrected chi connectivity index (χ1v) is 9.98. The van der Waals surface area contributed by atoms with Crippen molar-refractivity contribution in [3.8, 4) is 0 Å². The molecule has 0 spiro atoms. The van der Waals surface area contributed by atoms with Crippen LogP contribution in [0.3, 0.4) is 0 Å². The van der Waals surface area contributed by atoms with Gasteiger partial charge in [0.25, 0.3) is 0 Å². The Balaban J connectivity index is 2.01. The van der Waals surface area contributed by atoms with E-state index in [0.717, 1.165) is 30.4 Å². The summed E-state index contributed by atoms with van der Waals surface area (Å²) >= 11 is 0. The van der Waals surface area contributed by atoms with E-state index in [2.05, 4.69) is 19.2 Å². The number of sulfonamides is 1. The third-order valence-electron chi connectivity index (χ3n) is 4.72. The lowest BCUT2D eigenvalue weighted by Gasteiger charge is -2.36. The molecule has 0 atom stereocenters. The molecule has 1 aromatic carbocycles. The molecule has 6 nitrogen and oxygen atoms in total. The van der Waals surface area contributed by atoms with Gasteiger partial charge in [-0.3, -0.25) is 4.79 Å².